The van der Waals surface area contributed by atoms with Gasteiger partial charge in [-0.2, -0.15) is 20.4 Å². The first-order valence-corrected chi connectivity index (χ1v) is 40.4. The Bertz CT molecular complexity index is 6810. The second-order valence-electron chi connectivity index (χ2n) is 31.9. The number of fused-ring (bicyclic) bond motifs is 8. The topological polar surface area (TPSA) is 298 Å². The summed E-state index contributed by atoms with van der Waals surface area (Å²) in [6.45, 7) is 33.7. The van der Waals surface area contributed by atoms with Gasteiger partial charge >= 0.3 is 0 Å². The van der Waals surface area contributed by atoms with E-state index in [2.05, 4.69) is 124 Å². The summed E-state index contributed by atoms with van der Waals surface area (Å²) < 4.78 is 13.8. The number of hydrogen-bond donors (Lipinski definition) is 3. The van der Waals surface area contributed by atoms with Gasteiger partial charge in [-0.3, -0.25) is 56.4 Å². The minimum atomic E-state index is -0.109. The number of aromatic nitrogens is 19. The van der Waals surface area contributed by atoms with E-state index < -0.39 is 0 Å². The van der Waals surface area contributed by atoms with E-state index in [4.69, 9.17) is 19.9 Å². The molecule has 118 heavy (non-hydrogen) atoms. The van der Waals surface area contributed by atoms with E-state index in [1.807, 2.05) is 178 Å². The Balaban J connectivity index is 0.000000113. The second-order valence-corrected chi connectivity index (χ2v) is 31.9. The van der Waals surface area contributed by atoms with E-state index >= 15 is 0 Å². The minimum absolute atomic E-state index is 0.0304. The van der Waals surface area contributed by atoms with Crippen LogP contribution in [0.15, 0.2) is 172 Å². The summed E-state index contributed by atoms with van der Waals surface area (Å²) >= 11 is 0. The number of rotatable bonds is 10. The highest BCUT2D eigenvalue weighted by Crippen LogP contribution is 2.30. The second kappa shape index (κ2) is 31.9. The van der Waals surface area contributed by atoms with E-state index in [9.17, 15) is 19.2 Å². The van der Waals surface area contributed by atoms with E-state index in [1.165, 1.54) is 0 Å². The van der Waals surface area contributed by atoms with Crippen LogP contribution in [0.3, 0.4) is 0 Å². The maximum atomic E-state index is 13.1. The highest BCUT2D eigenvalue weighted by molar-refractivity contribution is 5.84. The van der Waals surface area contributed by atoms with Crippen molar-refractivity contribution in [2.45, 2.75) is 93.7 Å². The Labute approximate surface area is 679 Å². The van der Waals surface area contributed by atoms with Crippen LogP contribution in [0, 0.1) is 34.6 Å². The summed E-state index contributed by atoms with van der Waals surface area (Å²) in [5.41, 5.74) is 22.1. The molecular formula is C87H97N27O4. The average Bonchev–Trinajstić information content (AvgIpc) is 1.48. The molecule has 1 aromatic carbocycles. The lowest BCUT2D eigenvalue weighted by molar-refractivity contribution is 0.313. The van der Waals surface area contributed by atoms with Crippen LogP contribution in [0.25, 0.3) is 95.5 Å². The first-order valence-electron chi connectivity index (χ1n) is 40.4. The van der Waals surface area contributed by atoms with Crippen LogP contribution in [0.1, 0.15) is 74.3 Å². The van der Waals surface area contributed by atoms with Crippen molar-refractivity contribution in [2.24, 2.45) is 7.05 Å². The van der Waals surface area contributed by atoms with Gasteiger partial charge in [0.1, 0.15) is 39.7 Å². The fraction of sp³-hybridized carbons (Fsp3) is 0.345. The summed E-state index contributed by atoms with van der Waals surface area (Å²) in [6.07, 6.45) is 16.7. The van der Waals surface area contributed by atoms with E-state index in [-0.39, 0.29) is 27.8 Å². The molecule has 0 bridgehead atoms. The zero-order chi connectivity index (χ0) is 81.9. The number of anilines is 4. The number of nitrogens with one attached hydrogen (secondary N) is 3. The molecule has 0 saturated carbocycles. The number of hydrogen-bond acceptors (Lipinski definition) is 23. The normalized spacial score (nSPS) is 16.0. The van der Waals surface area contributed by atoms with Gasteiger partial charge in [0.05, 0.1) is 127 Å². The average molecular weight is 1580 g/mol. The van der Waals surface area contributed by atoms with Gasteiger partial charge in [0, 0.05) is 170 Å². The largest absolute Gasteiger partial charge is 0.368 e. The molecule has 31 heteroatoms. The van der Waals surface area contributed by atoms with Crippen molar-refractivity contribution in [3.63, 3.8) is 0 Å². The Morgan fingerprint density at radius 3 is 1.46 bits per heavy atom. The highest BCUT2D eigenvalue weighted by atomic mass is 16.1. The fourth-order valence-electron chi connectivity index (χ4n) is 16.3. The maximum absolute atomic E-state index is 13.1. The van der Waals surface area contributed by atoms with Crippen molar-refractivity contribution in [2.75, 3.05) is 118 Å². The van der Waals surface area contributed by atoms with Crippen LogP contribution >= 0.6 is 0 Å². The lowest BCUT2D eigenvalue weighted by Crippen LogP contribution is -2.57. The van der Waals surface area contributed by atoms with Crippen LogP contribution in [0.5, 0.6) is 0 Å². The molecule has 15 aromatic heterocycles. The third kappa shape index (κ3) is 15.9. The maximum Gasteiger partial charge on any atom is 0.258 e. The number of likely N-dealkylation sites (N-methyl/N-ethyl adjacent to an activating group) is 1. The SMILES string of the molecule is CCc1nc(C)cn2nc(-c3cc(=O)n4cc(N5CCN(C)CC5)ccc4n3)cc12.CCc1nc(C)cn2nc(-c3cc(=O)n4cc(N5CCNCC5)ccc4n3)cc12.C[C@@H]1CN(c2ccc3nc(-c4ccc5c(cnn5C)c4)cc(=O)n3c2)CCN1.Cc1cn2nc(-c3cc(=O)n4cc(N5CCNC(C)(C)C5)cc(C)c4n3)cc2c(C)n1. The van der Waals surface area contributed by atoms with Crippen LogP contribution in [0.2, 0.25) is 0 Å². The third-order valence-corrected chi connectivity index (χ3v) is 22.4. The molecule has 4 saturated heterocycles. The monoisotopic (exact) mass is 1580 g/mol. The Morgan fingerprint density at radius 1 is 0.432 bits per heavy atom. The summed E-state index contributed by atoms with van der Waals surface area (Å²) in [5.74, 6) is 0. The molecule has 4 aliphatic heterocycles. The predicted octanol–water partition coefficient (Wildman–Crippen LogP) is 8.28. The molecule has 20 rings (SSSR count). The molecule has 16 aromatic rings. The van der Waals surface area contributed by atoms with Crippen LogP contribution in [-0.2, 0) is 19.9 Å². The summed E-state index contributed by atoms with van der Waals surface area (Å²) in [4.78, 5) is 95.8. The minimum Gasteiger partial charge on any atom is -0.368 e. The zero-order valence-electron chi connectivity index (χ0n) is 68.7. The predicted molar refractivity (Wildman–Crippen MR) is 463 cm³/mol. The zero-order valence-corrected chi connectivity index (χ0v) is 68.7. The Morgan fingerprint density at radius 2 is 0.907 bits per heavy atom. The molecule has 3 N–H and O–H groups in total. The number of aryl methyl sites for hydroxylation is 8. The van der Waals surface area contributed by atoms with Crippen molar-refractivity contribution in [1.82, 2.24) is 112 Å². The summed E-state index contributed by atoms with van der Waals surface area (Å²) in [6, 6.07) is 32.6. The third-order valence-electron chi connectivity index (χ3n) is 22.4. The summed E-state index contributed by atoms with van der Waals surface area (Å²) in [5, 5.41) is 29.6. The van der Waals surface area contributed by atoms with E-state index in [0.29, 0.717) is 68.5 Å². The van der Waals surface area contributed by atoms with Crippen molar-refractivity contribution in [3.8, 4) is 45.4 Å². The first kappa shape index (κ1) is 77.6. The van der Waals surface area contributed by atoms with Crippen molar-refractivity contribution >= 4 is 72.8 Å². The fourth-order valence-corrected chi connectivity index (χ4v) is 16.3. The van der Waals surface area contributed by atoms with Gasteiger partial charge in [-0.15, -0.1) is 0 Å². The van der Waals surface area contributed by atoms with Crippen LogP contribution < -0.4 is 57.8 Å². The molecule has 4 fully saturated rings. The van der Waals surface area contributed by atoms with Crippen molar-refractivity contribution in [1.29, 1.82) is 0 Å². The number of nitrogens with zero attached hydrogens (tertiary/aromatic N) is 24. The van der Waals surface area contributed by atoms with Gasteiger partial charge in [-0.25, -0.2) is 33.5 Å². The van der Waals surface area contributed by atoms with Gasteiger partial charge in [-0.1, -0.05) is 19.9 Å². The smallest absolute Gasteiger partial charge is 0.258 e. The molecule has 4 aliphatic rings. The summed E-state index contributed by atoms with van der Waals surface area (Å²) in [7, 11) is 4.05. The Hall–Kier alpha value is -13.0. The molecule has 1 atom stereocenters. The van der Waals surface area contributed by atoms with Crippen molar-refractivity contribution in [3.05, 3.63) is 234 Å². The number of benzene rings is 1. The Kier molecular flexibility index (Phi) is 21.0. The quantitative estimate of drug-likeness (QED) is 0.116. The molecule has 0 spiro atoms. The number of pyridine rings is 4. The molecule has 31 nitrogen and oxygen atoms in total. The van der Waals surface area contributed by atoms with Gasteiger partial charge < -0.3 is 40.4 Å². The molecule has 0 unspecified atom stereocenters. The lowest BCUT2D eigenvalue weighted by atomic mass is 10.0. The lowest BCUT2D eigenvalue weighted by Gasteiger charge is -2.40. The van der Waals surface area contributed by atoms with Crippen LogP contribution in [-0.4, -0.2) is 206 Å². The number of piperazine rings is 4. The van der Waals surface area contributed by atoms with E-state index in [1.54, 1.807) is 46.4 Å². The van der Waals surface area contributed by atoms with Gasteiger partial charge in [0.15, 0.2) is 0 Å². The molecule has 0 radical (unpaired) electrons. The van der Waals surface area contributed by atoms with E-state index in [0.717, 1.165) is 200 Å². The molecular weight excluding hydrogens is 1490 g/mol. The van der Waals surface area contributed by atoms with Gasteiger partial charge in [0.2, 0.25) is 0 Å². The first-order chi connectivity index (χ1) is 56.9. The molecule has 19 heterocycles. The van der Waals surface area contributed by atoms with Crippen molar-refractivity contribution < 1.29 is 0 Å². The standard InChI is InChI=1S/C23H27N7O.C22H25N7O.C21H23N7O.C21H22N6O/c1-14-8-17(28-7-6-24-23(4,5)13-28)12-29-21(31)10-18(26-22(14)29)19-9-20-16(3)25-15(2)11-30(20)27-19;1-4-17-20-11-19(25-29(20)13-15(2)23-17)18-12-22(30)28-14-16(5-6-21(28)24-18)27-9-7-26(3)8-10-27;1-3-16-19-10-18(25-28(19)12-14(2)23-16)17-11-21(29)27-13-15(4-5-20(27)24-17)26-8-6-22-7-9-26;1-14-12-26(8-7-22-14)17-4-6-20-24-18(10-21(28)27(20)13-17)15-3-5-19-16(9-15)11-23-25(19)2/h8-12,24H,6-7,13H2,1-5H3;5-6,11-14H,4,7-10H2,1-3H3;4-5,10-13,22H,3,6-9H2,1-2H3;3-6,9-11,13-14,22H,7-8,12H2,1-2H3/t;;;14-/m...1/s1. The molecule has 0 amide bonds. The molecule has 0 aliphatic carbocycles. The van der Waals surface area contributed by atoms with Crippen LogP contribution in [0.4, 0.5) is 22.7 Å². The van der Waals surface area contributed by atoms with Gasteiger partial charge in [-0.05, 0) is 154 Å². The highest BCUT2D eigenvalue weighted by Gasteiger charge is 2.28. The molecule has 604 valence electrons. The van der Waals surface area contributed by atoms with Gasteiger partial charge in [0.25, 0.3) is 22.2 Å².